The molecule has 0 aromatic carbocycles. The Morgan fingerprint density at radius 2 is 1.02 bits per heavy atom. The second-order valence-corrected chi connectivity index (χ2v) is 16.9. The summed E-state index contributed by atoms with van der Waals surface area (Å²) in [5.74, 6) is 2.58. The summed E-state index contributed by atoms with van der Waals surface area (Å²) in [6, 6.07) is 3.91. The van der Waals surface area contributed by atoms with Crippen molar-refractivity contribution in [3.05, 3.63) is 11.6 Å². The fraction of sp³-hybridized carbons (Fsp3) is 0.952. The molecule has 2 N–H and O–H groups in total. The van der Waals surface area contributed by atoms with Gasteiger partial charge in [-0.2, -0.15) is 0 Å². The lowest BCUT2D eigenvalue weighted by atomic mass is 9.85. The molecule has 262 valence electrons. The van der Waals surface area contributed by atoms with Crippen LogP contribution in [0.1, 0.15) is 195 Å². The van der Waals surface area contributed by atoms with Crippen LogP contribution in [0.4, 0.5) is 0 Å². The Labute approximate surface area is 282 Å². The standard InChI is InChI=1S/C42H79N3/c1-34-27-29-40(43-36(34)3)24-19-15-11-7-5-9-13-17-22-38-32-39(42-26-21-31-45(42)33-38)23-18-14-10-6-8-12-16-20-25-41-30-28-35(2)37(4)44-41/h32,34-37,39-44H,5-31,33H2,1-4H3/t34?,35?,36?,37?,39-,40?,41?,42+/m1/s1. The molecular formula is C42H79N3. The van der Waals surface area contributed by atoms with Crippen LogP contribution in [0, 0.1) is 17.8 Å². The average Bonchev–Trinajstić information content (AvgIpc) is 3.51. The topological polar surface area (TPSA) is 27.3 Å². The molecule has 3 fully saturated rings. The summed E-state index contributed by atoms with van der Waals surface area (Å²) in [4.78, 5) is 2.87. The number of hydrogen-bond acceptors (Lipinski definition) is 3. The van der Waals surface area contributed by atoms with Gasteiger partial charge in [0.25, 0.3) is 0 Å². The van der Waals surface area contributed by atoms with Crippen LogP contribution in [-0.2, 0) is 0 Å². The van der Waals surface area contributed by atoms with Gasteiger partial charge in [-0.1, -0.05) is 122 Å². The van der Waals surface area contributed by atoms with E-state index >= 15 is 0 Å². The average molecular weight is 626 g/mol. The van der Waals surface area contributed by atoms with Gasteiger partial charge in [-0.15, -0.1) is 0 Å². The number of nitrogens with one attached hydrogen (secondary N) is 2. The molecule has 3 nitrogen and oxygen atoms in total. The van der Waals surface area contributed by atoms with Crippen LogP contribution >= 0.6 is 0 Å². The molecule has 0 aliphatic carbocycles. The quantitative estimate of drug-likeness (QED) is 0.0926. The van der Waals surface area contributed by atoms with Gasteiger partial charge in [-0.05, 0) is 109 Å². The second kappa shape index (κ2) is 21.6. The van der Waals surface area contributed by atoms with Crippen LogP contribution in [0.25, 0.3) is 0 Å². The molecule has 0 aromatic heterocycles. The number of nitrogens with zero attached hydrogens (tertiary/aromatic N) is 1. The Kier molecular flexibility index (Phi) is 17.9. The van der Waals surface area contributed by atoms with Crippen molar-refractivity contribution in [3.8, 4) is 0 Å². The van der Waals surface area contributed by atoms with Crippen molar-refractivity contribution in [1.82, 2.24) is 15.5 Å². The highest BCUT2D eigenvalue weighted by Gasteiger charge is 2.34. The van der Waals surface area contributed by atoms with Gasteiger partial charge in [0.05, 0.1) is 0 Å². The second-order valence-electron chi connectivity index (χ2n) is 16.9. The molecular weight excluding hydrogens is 546 g/mol. The third-order valence-electron chi connectivity index (χ3n) is 13.1. The van der Waals surface area contributed by atoms with E-state index in [4.69, 9.17) is 0 Å². The normalized spacial score (nSPS) is 32.5. The van der Waals surface area contributed by atoms with E-state index in [0.717, 1.165) is 48.0 Å². The molecule has 0 bridgehead atoms. The minimum atomic E-state index is 0.720. The molecule has 0 aromatic rings. The summed E-state index contributed by atoms with van der Waals surface area (Å²) in [6.45, 7) is 12.2. The Morgan fingerprint density at radius 3 is 1.53 bits per heavy atom. The van der Waals surface area contributed by atoms with Crippen molar-refractivity contribution in [1.29, 1.82) is 0 Å². The van der Waals surface area contributed by atoms with Gasteiger partial charge >= 0.3 is 0 Å². The maximum absolute atomic E-state index is 3.86. The summed E-state index contributed by atoms with van der Waals surface area (Å²) in [7, 11) is 0. The van der Waals surface area contributed by atoms with Crippen molar-refractivity contribution in [2.24, 2.45) is 17.8 Å². The highest BCUT2D eigenvalue weighted by molar-refractivity contribution is 5.15. The van der Waals surface area contributed by atoms with E-state index in [9.17, 15) is 0 Å². The van der Waals surface area contributed by atoms with E-state index < -0.39 is 0 Å². The first-order valence-electron chi connectivity index (χ1n) is 20.9. The van der Waals surface area contributed by atoms with Crippen molar-refractivity contribution in [2.45, 2.75) is 225 Å². The molecule has 3 heteroatoms. The van der Waals surface area contributed by atoms with E-state index in [0.29, 0.717) is 0 Å². The highest BCUT2D eigenvalue weighted by atomic mass is 15.2. The molecule has 4 heterocycles. The SMILES string of the molecule is CC1CCC(CCCCCCCCCCC2=C[C@@H](CCCCCCCCCCC3CCC(C)C(C)N3)[C@@H]3CCCN3C2)NC1C. The van der Waals surface area contributed by atoms with Gasteiger partial charge in [0, 0.05) is 36.8 Å². The molecule has 4 aliphatic heterocycles. The minimum Gasteiger partial charge on any atom is -0.311 e. The monoisotopic (exact) mass is 626 g/mol. The fourth-order valence-electron chi connectivity index (χ4n) is 9.46. The van der Waals surface area contributed by atoms with E-state index in [2.05, 4.69) is 49.3 Å². The summed E-state index contributed by atoms with van der Waals surface area (Å²) >= 11 is 0. The van der Waals surface area contributed by atoms with Crippen LogP contribution in [-0.4, -0.2) is 48.2 Å². The van der Waals surface area contributed by atoms with Crippen molar-refractivity contribution in [2.75, 3.05) is 13.1 Å². The van der Waals surface area contributed by atoms with Crippen LogP contribution in [0.2, 0.25) is 0 Å². The molecule has 4 rings (SSSR count). The lowest BCUT2D eigenvalue weighted by Gasteiger charge is -2.36. The van der Waals surface area contributed by atoms with E-state index in [1.54, 1.807) is 5.57 Å². The van der Waals surface area contributed by atoms with Crippen LogP contribution in [0.5, 0.6) is 0 Å². The van der Waals surface area contributed by atoms with Gasteiger partial charge in [0.2, 0.25) is 0 Å². The smallest absolute Gasteiger partial charge is 0.0196 e. The molecule has 4 aliphatic rings. The first-order valence-corrected chi connectivity index (χ1v) is 20.9. The van der Waals surface area contributed by atoms with Crippen LogP contribution in [0.3, 0.4) is 0 Å². The van der Waals surface area contributed by atoms with Crippen molar-refractivity contribution >= 4 is 0 Å². The van der Waals surface area contributed by atoms with Gasteiger partial charge in [-0.3, -0.25) is 4.90 Å². The largest absolute Gasteiger partial charge is 0.311 e. The molecule has 6 unspecified atom stereocenters. The number of unbranched alkanes of at least 4 members (excludes halogenated alkanes) is 14. The van der Waals surface area contributed by atoms with E-state index in [-0.39, 0.29) is 0 Å². The summed E-state index contributed by atoms with van der Waals surface area (Å²) < 4.78 is 0. The molecule has 0 spiro atoms. The highest BCUT2D eigenvalue weighted by Crippen LogP contribution is 2.35. The predicted octanol–water partition coefficient (Wildman–Crippen LogP) is 11.4. The molecule has 8 atom stereocenters. The summed E-state index contributed by atoms with van der Waals surface area (Å²) in [6.07, 6.45) is 40.2. The fourth-order valence-corrected chi connectivity index (χ4v) is 9.46. The Balaban J connectivity index is 0.963. The first kappa shape index (κ1) is 37.4. The maximum Gasteiger partial charge on any atom is 0.0196 e. The Hall–Kier alpha value is -0.380. The summed E-state index contributed by atoms with van der Waals surface area (Å²) in [5.41, 5.74) is 1.80. The minimum absolute atomic E-state index is 0.720. The number of fused-ring (bicyclic) bond motifs is 1. The maximum atomic E-state index is 3.86. The number of piperidine rings is 2. The van der Waals surface area contributed by atoms with Gasteiger partial charge in [0.1, 0.15) is 0 Å². The third kappa shape index (κ3) is 13.9. The third-order valence-corrected chi connectivity index (χ3v) is 13.1. The zero-order valence-electron chi connectivity index (χ0n) is 30.9. The van der Waals surface area contributed by atoms with Gasteiger partial charge < -0.3 is 10.6 Å². The van der Waals surface area contributed by atoms with Crippen molar-refractivity contribution < 1.29 is 0 Å². The Morgan fingerprint density at radius 1 is 0.556 bits per heavy atom. The lowest BCUT2D eigenvalue weighted by molar-refractivity contribution is 0.199. The molecule has 0 radical (unpaired) electrons. The van der Waals surface area contributed by atoms with Gasteiger partial charge in [0.15, 0.2) is 0 Å². The number of rotatable bonds is 22. The van der Waals surface area contributed by atoms with Crippen LogP contribution < -0.4 is 10.6 Å². The molecule has 0 saturated carbocycles. The molecule has 45 heavy (non-hydrogen) atoms. The number of hydrogen-bond donors (Lipinski definition) is 2. The lowest BCUT2D eigenvalue weighted by Crippen LogP contribution is -2.44. The van der Waals surface area contributed by atoms with E-state index in [1.807, 2.05) is 0 Å². The molecule has 0 amide bonds. The van der Waals surface area contributed by atoms with Crippen molar-refractivity contribution in [3.63, 3.8) is 0 Å². The summed E-state index contributed by atoms with van der Waals surface area (Å²) in [5, 5.41) is 7.72. The van der Waals surface area contributed by atoms with Gasteiger partial charge in [-0.25, -0.2) is 0 Å². The van der Waals surface area contributed by atoms with Crippen LogP contribution in [0.15, 0.2) is 11.6 Å². The first-order chi connectivity index (χ1) is 22.0. The molecule has 3 saturated heterocycles. The predicted molar refractivity (Wildman–Crippen MR) is 198 cm³/mol. The zero-order valence-corrected chi connectivity index (χ0v) is 30.9. The Bertz CT molecular complexity index is 793. The van der Waals surface area contributed by atoms with E-state index in [1.165, 1.54) is 180 Å². The zero-order chi connectivity index (χ0) is 31.7.